The summed E-state index contributed by atoms with van der Waals surface area (Å²) in [6, 6.07) is 24.2. The van der Waals surface area contributed by atoms with Crippen LogP contribution < -0.4 is 5.32 Å². The largest absolute Gasteiger partial charge is 0.351 e. The molecule has 0 spiro atoms. The van der Waals surface area contributed by atoms with E-state index in [1.807, 2.05) is 42.2 Å². The minimum Gasteiger partial charge on any atom is -0.351 e. The molecular formula is C27H23FN4OS. The second-order valence-electron chi connectivity index (χ2n) is 8.29. The predicted molar refractivity (Wildman–Crippen MR) is 134 cm³/mol. The molecule has 0 bridgehead atoms. The molecule has 1 aromatic heterocycles. The summed E-state index contributed by atoms with van der Waals surface area (Å²) < 4.78 is 19.2. The number of hydrogen-bond donors (Lipinski definition) is 1. The van der Waals surface area contributed by atoms with Crippen LogP contribution in [-0.2, 0) is 6.54 Å². The SMILES string of the molecule is CC1=C(c2nc(-c3ccccc3)no2)C(c2ccc(C)cc2)NC(=S)N1Cc1ccc(F)cc1. The van der Waals surface area contributed by atoms with Gasteiger partial charge in [-0.2, -0.15) is 4.98 Å². The van der Waals surface area contributed by atoms with Crippen LogP contribution in [0.15, 0.2) is 89.1 Å². The molecule has 2 heterocycles. The van der Waals surface area contributed by atoms with E-state index in [0.717, 1.165) is 28.0 Å². The van der Waals surface area contributed by atoms with Gasteiger partial charge in [0, 0.05) is 17.8 Å². The van der Waals surface area contributed by atoms with Crippen molar-refractivity contribution in [3.8, 4) is 11.4 Å². The molecule has 1 atom stereocenters. The molecule has 0 amide bonds. The number of benzene rings is 3. The predicted octanol–water partition coefficient (Wildman–Crippen LogP) is 6.05. The number of nitrogens with zero attached hydrogens (tertiary/aromatic N) is 3. The van der Waals surface area contributed by atoms with Gasteiger partial charge in [-0.05, 0) is 49.3 Å². The Balaban J connectivity index is 1.59. The van der Waals surface area contributed by atoms with E-state index < -0.39 is 0 Å². The van der Waals surface area contributed by atoms with Gasteiger partial charge in [-0.15, -0.1) is 0 Å². The molecule has 0 aliphatic carbocycles. The van der Waals surface area contributed by atoms with E-state index in [1.54, 1.807) is 12.1 Å². The van der Waals surface area contributed by atoms with Crippen LogP contribution in [-0.4, -0.2) is 20.2 Å². The van der Waals surface area contributed by atoms with E-state index >= 15 is 0 Å². The maximum Gasteiger partial charge on any atom is 0.258 e. The highest BCUT2D eigenvalue weighted by molar-refractivity contribution is 7.80. The highest BCUT2D eigenvalue weighted by atomic mass is 32.1. The van der Waals surface area contributed by atoms with E-state index in [9.17, 15) is 4.39 Å². The molecule has 7 heteroatoms. The fourth-order valence-corrected chi connectivity index (χ4v) is 4.39. The number of hydrogen-bond acceptors (Lipinski definition) is 4. The molecule has 0 radical (unpaired) electrons. The van der Waals surface area contributed by atoms with Crippen molar-refractivity contribution in [1.82, 2.24) is 20.4 Å². The zero-order valence-corrected chi connectivity index (χ0v) is 19.6. The molecule has 34 heavy (non-hydrogen) atoms. The lowest BCUT2D eigenvalue weighted by Gasteiger charge is -2.37. The van der Waals surface area contributed by atoms with E-state index in [1.165, 1.54) is 17.7 Å². The number of aromatic nitrogens is 2. The molecule has 0 fully saturated rings. The van der Waals surface area contributed by atoms with Crippen molar-refractivity contribution >= 4 is 22.9 Å². The summed E-state index contributed by atoms with van der Waals surface area (Å²) in [6.45, 7) is 4.54. The lowest BCUT2D eigenvalue weighted by atomic mass is 9.94. The zero-order valence-electron chi connectivity index (χ0n) is 18.8. The number of allylic oxidation sites excluding steroid dienone is 1. The zero-order chi connectivity index (χ0) is 23.7. The summed E-state index contributed by atoms with van der Waals surface area (Å²) in [4.78, 5) is 6.71. The molecule has 1 N–H and O–H groups in total. The van der Waals surface area contributed by atoms with Crippen LogP contribution in [0.4, 0.5) is 4.39 Å². The Kier molecular flexibility index (Phi) is 5.94. The molecule has 1 aliphatic heterocycles. The van der Waals surface area contributed by atoms with E-state index in [-0.39, 0.29) is 11.9 Å². The highest BCUT2D eigenvalue weighted by Crippen LogP contribution is 2.38. The van der Waals surface area contributed by atoms with Crippen molar-refractivity contribution in [3.05, 3.63) is 113 Å². The highest BCUT2D eigenvalue weighted by Gasteiger charge is 2.34. The van der Waals surface area contributed by atoms with Crippen LogP contribution in [0.25, 0.3) is 17.0 Å². The van der Waals surface area contributed by atoms with Crippen LogP contribution in [0.2, 0.25) is 0 Å². The summed E-state index contributed by atoms with van der Waals surface area (Å²) in [5.74, 6) is 0.688. The molecule has 5 nitrogen and oxygen atoms in total. The summed E-state index contributed by atoms with van der Waals surface area (Å²) >= 11 is 5.76. The quantitative estimate of drug-likeness (QED) is 0.359. The number of thiocarbonyl (C=S) groups is 1. The van der Waals surface area contributed by atoms with E-state index in [0.29, 0.717) is 23.4 Å². The van der Waals surface area contributed by atoms with Gasteiger partial charge in [-0.25, -0.2) is 4.39 Å². The molecule has 3 aromatic carbocycles. The van der Waals surface area contributed by atoms with Gasteiger partial charge in [0.25, 0.3) is 5.89 Å². The monoisotopic (exact) mass is 470 g/mol. The third-order valence-corrected chi connectivity index (χ3v) is 6.29. The van der Waals surface area contributed by atoms with E-state index in [4.69, 9.17) is 21.7 Å². The van der Waals surface area contributed by atoms with Crippen LogP contribution in [0.1, 0.15) is 35.5 Å². The first kappa shape index (κ1) is 22.0. The van der Waals surface area contributed by atoms with Crippen molar-refractivity contribution in [3.63, 3.8) is 0 Å². The van der Waals surface area contributed by atoms with E-state index in [2.05, 4.69) is 41.7 Å². The first-order chi connectivity index (χ1) is 16.5. The van der Waals surface area contributed by atoms with Gasteiger partial charge in [0.15, 0.2) is 5.11 Å². The average Bonchev–Trinajstić information content (AvgIpc) is 3.33. The van der Waals surface area contributed by atoms with Crippen LogP contribution in [0, 0.1) is 12.7 Å². The Morgan fingerprint density at radius 2 is 1.68 bits per heavy atom. The maximum atomic E-state index is 13.4. The summed E-state index contributed by atoms with van der Waals surface area (Å²) in [5, 5.41) is 8.28. The Labute approximate surface area is 202 Å². The Bertz CT molecular complexity index is 1350. The molecule has 0 saturated heterocycles. The second kappa shape index (κ2) is 9.19. The average molecular weight is 471 g/mol. The summed E-state index contributed by atoms with van der Waals surface area (Å²) in [7, 11) is 0. The number of halogens is 1. The van der Waals surface area contributed by atoms with Crippen LogP contribution in [0.5, 0.6) is 0 Å². The molecular weight excluding hydrogens is 447 g/mol. The first-order valence-electron chi connectivity index (χ1n) is 11.0. The summed E-state index contributed by atoms with van der Waals surface area (Å²) in [6.07, 6.45) is 0. The Hall–Kier alpha value is -3.84. The fraction of sp³-hybridized carbons (Fsp3) is 0.148. The lowest BCUT2D eigenvalue weighted by Crippen LogP contribution is -2.45. The third-order valence-electron chi connectivity index (χ3n) is 5.95. The fourth-order valence-electron chi connectivity index (χ4n) is 4.07. The van der Waals surface area contributed by atoms with Gasteiger partial charge in [-0.1, -0.05) is 77.5 Å². The number of aryl methyl sites for hydroxylation is 1. The third kappa shape index (κ3) is 4.34. The molecule has 1 unspecified atom stereocenters. The van der Waals surface area contributed by atoms with Crippen LogP contribution >= 0.6 is 12.2 Å². The van der Waals surface area contributed by atoms with Gasteiger partial charge in [0.1, 0.15) is 5.82 Å². The molecule has 5 rings (SSSR count). The van der Waals surface area contributed by atoms with Crippen molar-refractivity contribution in [2.45, 2.75) is 26.4 Å². The first-order valence-corrected chi connectivity index (χ1v) is 11.4. The van der Waals surface area contributed by atoms with Gasteiger partial charge < -0.3 is 14.7 Å². The van der Waals surface area contributed by atoms with Gasteiger partial charge >= 0.3 is 0 Å². The number of nitrogens with one attached hydrogen (secondary N) is 1. The van der Waals surface area contributed by atoms with Gasteiger partial charge in [0.2, 0.25) is 5.82 Å². The maximum absolute atomic E-state index is 13.4. The minimum atomic E-state index is -0.269. The molecule has 170 valence electrons. The van der Waals surface area contributed by atoms with Crippen molar-refractivity contribution in [2.75, 3.05) is 0 Å². The normalized spacial score (nSPS) is 16.0. The molecule has 0 saturated carbocycles. The van der Waals surface area contributed by atoms with Gasteiger partial charge in [0.05, 0.1) is 11.6 Å². The Morgan fingerprint density at radius 3 is 2.38 bits per heavy atom. The second-order valence-corrected chi connectivity index (χ2v) is 8.68. The Morgan fingerprint density at radius 1 is 0.971 bits per heavy atom. The molecule has 4 aromatic rings. The van der Waals surface area contributed by atoms with Crippen molar-refractivity contribution in [1.29, 1.82) is 0 Å². The van der Waals surface area contributed by atoms with Crippen molar-refractivity contribution in [2.24, 2.45) is 0 Å². The summed E-state index contributed by atoms with van der Waals surface area (Å²) in [5.41, 5.74) is 5.80. The standard InChI is InChI=1S/C27H23FN4OS/c1-17-8-12-20(13-9-17)24-23(26-30-25(31-33-26)21-6-4-3-5-7-21)18(2)32(27(34)29-24)16-19-10-14-22(28)15-11-19/h3-15,24H,16H2,1-2H3,(H,29,34). The van der Waals surface area contributed by atoms with Crippen LogP contribution in [0.3, 0.4) is 0 Å². The minimum absolute atomic E-state index is 0.248. The lowest BCUT2D eigenvalue weighted by molar-refractivity contribution is 0.396. The topological polar surface area (TPSA) is 54.2 Å². The van der Waals surface area contributed by atoms with Crippen molar-refractivity contribution < 1.29 is 8.91 Å². The van der Waals surface area contributed by atoms with Gasteiger partial charge in [-0.3, -0.25) is 0 Å². The molecule has 1 aliphatic rings. The smallest absolute Gasteiger partial charge is 0.258 e. The number of rotatable bonds is 5.